The van der Waals surface area contributed by atoms with Gasteiger partial charge in [-0.3, -0.25) is 4.79 Å². The molecule has 6 nitrogen and oxygen atoms in total. The maximum atomic E-state index is 11.5. The fourth-order valence-corrected chi connectivity index (χ4v) is 1.66. The van der Waals surface area contributed by atoms with E-state index in [1.54, 1.807) is 20.8 Å². The van der Waals surface area contributed by atoms with Gasteiger partial charge in [0.25, 0.3) is 0 Å². The second-order valence-corrected chi connectivity index (χ2v) is 5.10. The number of amides is 1. The van der Waals surface area contributed by atoms with Crippen LogP contribution in [0.25, 0.3) is 0 Å². The zero-order valence-corrected chi connectivity index (χ0v) is 10.5. The maximum absolute atomic E-state index is 11.5. The first-order valence-electron chi connectivity index (χ1n) is 5.50. The molecule has 1 saturated carbocycles. The van der Waals surface area contributed by atoms with Crippen molar-refractivity contribution in [1.82, 2.24) is 5.32 Å². The predicted molar refractivity (Wildman–Crippen MR) is 59.3 cm³/mol. The average molecular weight is 245 g/mol. The first kappa shape index (κ1) is 13.8. The molecule has 0 aromatic rings. The first-order valence-corrected chi connectivity index (χ1v) is 5.50. The van der Waals surface area contributed by atoms with Gasteiger partial charge < -0.3 is 19.9 Å². The Kier molecular flexibility index (Phi) is 3.98. The Morgan fingerprint density at radius 1 is 1.35 bits per heavy atom. The molecule has 0 heterocycles. The molecule has 6 heteroatoms. The predicted octanol–water partition coefficient (Wildman–Crippen LogP) is 0.433. The van der Waals surface area contributed by atoms with Crippen molar-refractivity contribution in [3.8, 4) is 0 Å². The van der Waals surface area contributed by atoms with Crippen molar-refractivity contribution in [2.24, 2.45) is 5.92 Å². The van der Waals surface area contributed by atoms with Crippen LogP contribution >= 0.6 is 0 Å². The van der Waals surface area contributed by atoms with Gasteiger partial charge in [-0.05, 0) is 27.2 Å². The minimum absolute atomic E-state index is 0.299. The van der Waals surface area contributed by atoms with Crippen LogP contribution in [0.5, 0.6) is 0 Å². The summed E-state index contributed by atoms with van der Waals surface area (Å²) in [4.78, 5) is 22.8. The highest BCUT2D eigenvalue weighted by molar-refractivity contribution is 5.77. The van der Waals surface area contributed by atoms with Crippen LogP contribution in [0, 0.1) is 5.92 Å². The summed E-state index contributed by atoms with van der Waals surface area (Å²) in [5.74, 6) is -0.932. The Morgan fingerprint density at radius 3 is 2.35 bits per heavy atom. The molecule has 0 aromatic heterocycles. The quantitative estimate of drug-likeness (QED) is 0.689. The topological polar surface area (TPSA) is 84.9 Å². The lowest BCUT2D eigenvalue weighted by Gasteiger charge is -2.39. The molecule has 2 N–H and O–H groups in total. The highest BCUT2D eigenvalue weighted by Crippen LogP contribution is 2.29. The summed E-state index contributed by atoms with van der Waals surface area (Å²) in [6.45, 7) is 5.21. The Bertz CT molecular complexity index is 309. The highest BCUT2D eigenvalue weighted by Gasteiger charge is 2.46. The fourth-order valence-electron chi connectivity index (χ4n) is 1.66. The van der Waals surface area contributed by atoms with E-state index in [2.05, 4.69) is 10.1 Å². The van der Waals surface area contributed by atoms with Crippen LogP contribution in [0.15, 0.2) is 0 Å². The van der Waals surface area contributed by atoms with Crippen molar-refractivity contribution in [1.29, 1.82) is 0 Å². The molecule has 0 radical (unpaired) electrons. The van der Waals surface area contributed by atoms with Crippen LogP contribution in [-0.4, -0.2) is 42.0 Å². The van der Waals surface area contributed by atoms with E-state index in [4.69, 9.17) is 4.74 Å². The second kappa shape index (κ2) is 4.91. The van der Waals surface area contributed by atoms with E-state index < -0.39 is 35.7 Å². The largest absolute Gasteiger partial charge is 0.469 e. The Morgan fingerprint density at radius 2 is 1.94 bits per heavy atom. The van der Waals surface area contributed by atoms with Gasteiger partial charge in [0.2, 0.25) is 0 Å². The van der Waals surface area contributed by atoms with Gasteiger partial charge in [-0.15, -0.1) is 0 Å². The van der Waals surface area contributed by atoms with Crippen LogP contribution in [-0.2, 0) is 14.3 Å². The summed E-state index contributed by atoms with van der Waals surface area (Å²) >= 11 is 0. The molecule has 17 heavy (non-hydrogen) atoms. The average Bonchev–Trinajstić information content (AvgIpc) is 2.19. The number of aliphatic hydroxyl groups is 1. The molecule has 1 aliphatic carbocycles. The van der Waals surface area contributed by atoms with Gasteiger partial charge in [-0.25, -0.2) is 4.79 Å². The number of carbonyl (C=O) groups excluding carboxylic acids is 2. The van der Waals surface area contributed by atoms with Crippen LogP contribution in [0.4, 0.5) is 4.79 Å². The third-order valence-electron chi connectivity index (χ3n) is 2.53. The van der Waals surface area contributed by atoms with Crippen LogP contribution in [0.2, 0.25) is 0 Å². The van der Waals surface area contributed by atoms with E-state index in [1.165, 1.54) is 7.11 Å². The minimum Gasteiger partial charge on any atom is -0.469 e. The van der Waals surface area contributed by atoms with Crippen molar-refractivity contribution >= 4 is 12.1 Å². The molecule has 1 aliphatic rings. The van der Waals surface area contributed by atoms with Crippen LogP contribution in [0.3, 0.4) is 0 Å². The molecule has 0 aromatic carbocycles. The van der Waals surface area contributed by atoms with Gasteiger partial charge in [0, 0.05) is 0 Å². The molecule has 0 saturated heterocycles. The van der Waals surface area contributed by atoms with E-state index in [0.717, 1.165) is 0 Å². The Labute approximate surface area is 100 Å². The minimum atomic E-state index is -0.730. The number of nitrogens with one attached hydrogen (secondary N) is 1. The molecule has 0 bridgehead atoms. The molecule has 0 spiro atoms. The van der Waals surface area contributed by atoms with E-state index >= 15 is 0 Å². The van der Waals surface area contributed by atoms with Crippen molar-refractivity contribution in [3.63, 3.8) is 0 Å². The van der Waals surface area contributed by atoms with E-state index in [1.807, 2.05) is 0 Å². The van der Waals surface area contributed by atoms with Gasteiger partial charge >= 0.3 is 12.1 Å². The number of hydrogen-bond acceptors (Lipinski definition) is 5. The number of aliphatic hydroxyl groups excluding tert-OH is 1. The molecule has 3 atom stereocenters. The SMILES string of the molecule is COC(=O)[C@@H]1C[C@@H](O)[C@H]1NC(=O)OC(C)(C)C. The lowest BCUT2D eigenvalue weighted by molar-refractivity contribution is -0.155. The number of carbonyl (C=O) groups is 2. The third kappa shape index (κ3) is 3.59. The molecule has 1 rings (SSSR count). The van der Waals surface area contributed by atoms with Gasteiger partial charge in [0.05, 0.1) is 25.2 Å². The lowest BCUT2D eigenvalue weighted by atomic mass is 9.77. The van der Waals surface area contributed by atoms with E-state index in [-0.39, 0.29) is 0 Å². The first-order chi connectivity index (χ1) is 7.74. The number of methoxy groups -OCH3 is 1. The number of ether oxygens (including phenoxy) is 2. The van der Waals surface area contributed by atoms with E-state index in [0.29, 0.717) is 6.42 Å². The Hall–Kier alpha value is -1.30. The lowest BCUT2D eigenvalue weighted by Crippen LogP contribution is -2.60. The summed E-state index contributed by atoms with van der Waals surface area (Å²) in [6, 6.07) is -0.628. The highest BCUT2D eigenvalue weighted by atomic mass is 16.6. The van der Waals surface area contributed by atoms with Crippen molar-refractivity contribution in [3.05, 3.63) is 0 Å². The zero-order valence-electron chi connectivity index (χ0n) is 10.5. The molecular formula is C11H19NO5. The molecule has 1 fully saturated rings. The number of hydrogen-bond donors (Lipinski definition) is 2. The zero-order chi connectivity index (χ0) is 13.2. The third-order valence-corrected chi connectivity index (χ3v) is 2.53. The molecule has 0 unspecified atom stereocenters. The second-order valence-electron chi connectivity index (χ2n) is 5.10. The summed E-state index contributed by atoms with van der Waals surface area (Å²) in [6.07, 6.45) is -1.07. The summed E-state index contributed by atoms with van der Waals surface area (Å²) in [5, 5.41) is 12.0. The van der Waals surface area contributed by atoms with Gasteiger partial charge in [0.15, 0.2) is 0 Å². The Balaban J connectivity index is 2.50. The maximum Gasteiger partial charge on any atom is 0.407 e. The summed E-state index contributed by atoms with van der Waals surface area (Å²) < 4.78 is 9.61. The fraction of sp³-hybridized carbons (Fsp3) is 0.818. The molecule has 1 amide bonds. The molecule has 0 aliphatic heterocycles. The summed E-state index contributed by atoms with van der Waals surface area (Å²) in [5.41, 5.74) is -0.612. The summed E-state index contributed by atoms with van der Waals surface area (Å²) in [7, 11) is 1.28. The van der Waals surface area contributed by atoms with Gasteiger partial charge in [-0.2, -0.15) is 0 Å². The number of esters is 1. The smallest absolute Gasteiger partial charge is 0.407 e. The molecule has 98 valence electrons. The van der Waals surface area contributed by atoms with Gasteiger partial charge in [-0.1, -0.05) is 0 Å². The van der Waals surface area contributed by atoms with Crippen molar-refractivity contribution < 1.29 is 24.2 Å². The monoisotopic (exact) mass is 245 g/mol. The number of rotatable bonds is 2. The standard InChI is InChI=1S/C11H19NO5/c1-11(2,3)17-10(15)12-8-6(5-7(8)13)9(14)16-4/h6-8,13H,5H2,1-4H3,(H,12,15)/t6-,7-,8+/m1/s1. The number of alkyl carbamates (subject to hydrolysis) is 1. The van der Waals surface area contributed by atoms with Crippen molar-refractivity contribution in [2.75, 3.05) is 7.11 Å². The van der Waals surface area contributed by atoms with Gasteiger partial charge in [0.1, 0.15) is 5.60 Å². The van der Waals surface area contributed by atoms with Crippen LogP contribution < -0.4 is 5.32 Å². The van der Waals surface area contributed by atoms with Crippen LogP contribution in [0.1, 0.15) is 27.2 Å². The molecular weight excluding hydrogens is 226 g/mol. The normalized spacial score (nSPS) is 27.9. The van der Waals surface area contributed by atoms with E-state index in [9.17, 15) is 14.7 Å². The van der Waals surface area contributed by atoms with Crippen molar-refractivity contribution in [2.45, 2.75) is 44.9 Å².